The normalized spacial score (nSPS) is 28.5. The minimum Gasteiger partial charge on any atom is -0.352 e. The van der Waals surface area contributed by atoms with Crippen LogP contribution >= 0.6 is 0 Å². The molecule has 110 valence electrons. The molecule has 4 heteroatoms. The van der Waals surface area contributed by atoms with Crippen LogP contribution < -0.4 is 10.6 Å². The predicted molar refractivity (Wildman–Crippen MR) is 78.0 cm³/mol. The molecular weight excluding hydrogens is 238 g/mol. The van der Waals surface area contributed by atoms with E-state index in [2.05, 4.69) is 36.3 Å². The van der Waals surface area contributed by atoms with E-state index in [9.17, 15) is 4.79 Å². The van der Waals surface area contributed by atoms with Crippen LogP contribution in [0.3, 0.4) is 0 Å². The van der Waals surface area contributed by atoms with Crippen LogP contribution in [0.25, 0.3) is 0 Å². The summed E-state index contributed by atoms with van der Waals surface area (Å²) in [6.07, 6.45) is 2.65. The van der Waals surface area contributed by atoms with Crippen LogP contribution in [0.2, 0.25) is 0 Å². The van der Waals surface area contributed by atoms with Crippen LogP contribution in [0.5, 0.6) is 0 Å². The Kier molecular flexibility index (Phi) is 5.22. The van der Waals surface area contributed by atoms with E-state index in [0.29, 0.717) is 5.92 Å². The first-order valence-corrected chi connectivity index (χ1v) is 7.79. The van der Waals surface area contributed by atoms with Gasteiger partial charge in [0.15, 0.2) is 0 Å². The van der Waals surface area contributed by atoms with E-state index in [-0.39, 0.29) is 17.9 Å². The summed E-state index contributed by atoms with van der Waals surface area (Å²) in [4.78, 5) is 14.6. The fraction of sp³-hybridized carbons (Fsp3) is 0.933. The molecule has 0 spiro atoms. The second-order valence-electron chi connectivity index (χ2n) is 6.62. The highest BCUT2D eigenvalue weighted by atomic mass is 16.1. The van der Waals surface area contributed by atoms with Gasteiger partial charge in [0.1, 0.15) is 0 Å². The Labute approximate surface area is 117 Å². The van der Waals surface area contributed by atoms with Gasteiger partial charge in [0.2, 0.25) is 5.91 Å². The Morgan fingerprint density at radius 3 is 2.74 bits per heavy atom. The molecule has 0 radical (unpaired) electrons. The number of nitrogens with one attached hydrogen (secondary N) is 2. The molecule has 2 fully saturated rings. The molecule has 0 aliphatic carbocycles. The smallest absolute Gasteiger partial charge is 0.223 e. The molecule has 0 bridgehead atoms. The minimum absolute atomic E-state index is 0.143. The molecular formula is C15H29N3O. The molecule has 1 amide bonds. The fourth-order valence-corrected chi connectivity index (χ4v) is 3.14. The quantitative estimate of drug-likeness (QED) is 0.783. The molecule has 4 nitrogen and oxygen atoms in total. The molecule has 0 aromatic heterocycles. The van der Waals surface area contributed by atoms with Gasteiger partial charge in [-0.1, -0.05) is 13.8 Å². The van der Waals surface area contributed by atoms with E-state index in [1.165, 1.54) is 25.9 Å². The van der Waals surface area contributed by atoms with E-state index in [1.807, 2.05) is 0 Å². The van der Waals surface area contributed by atoms with Crippen LogP contribution in [-0.4, -0.2) is 49.6 Å². The van der Waals surface area contributed by atoms with Gasteiger partial charge in [0.05, 0.1) is 0 Å². The van der Waals surface area contributed by atoms with Gasteiger partial charge < -0.3 is 15.5 Å². The highest BCUT2D eigenvalue weighted by Gasteiger charge is 2.29. The molecule has 2 N–H and O–H groups in total. The van der Waals surface area contributed by atoms with Crippen molar-refractivity contribution in [3.8, 4) is 0 Å². The van der Waals surface area contributed by atoms with Gasteiger partial charge in [-0.3, -0.25) is 4.79 Å². The van der Waals surface area contributed by atoms with E-state index >= 15 is 0 Å². The maximum Gasteiger partial charge on any atom is 0.223 e. The third-order valence-electron chi connectivity index (χ3n) is 4.60. The van der Waals surface area contributed by atoms with Crippen molar-refractivity contribution in [2.24, 2.45) is 17.8 Å². The van der Waals surface area contributed by atoms with Crippen molar-refractivity contribution in [1.82, 2.24) is 15.5 Å². The summed E-state index contributed by atoms with van der Waals surface area (Å²) >= 11 is 0. The zero-order valence-electron chi connectivity index (χ0n) is 12.6. The van der Waals surface area contributed by atoms with Gasteiger partial charge in [0, 0.05) is 25.0 Å². The third-order valence-corrected chi connectivity index (χ3v) is 4.60. The van der Waals surface area contributed by atoms with Crippen molar-refractivity contribution < 1.29 is 4.79 Å². The minimum atomic E-state index is 0.143. The molecule has 0 aromatic carbocycles. The first-order chi connectivity index (χ1) is 9.06. The number of amides is 1. The molecule has 19 heavy (non-hydrogen) atoms. The largest absolute Gasteiger partial charge is 0.352 e. The second-order valence-corrected chi connectivity index (χ2v) is 6.62. The molecule has 2 rings (SSSR count). The summed E-state index contributed by atoms with van der Waals surface area (Å²) in [6, 6.07) is 0.258. The van der Waals surface area contributed by atoms with Gasteiger partial charge in [-0.05, 0) is 51.2 Å². The highest BCUT2D eigenvalue weighted by molar-refractivity contribution is 5.79. The maximum atomic E-state index is 12.1. The number of piperidine rings is 1. The van der Waals surface area contributed by atoms with Gasteiger partial charge in [-0.15, -0.1) is 0 Å². The van der Waals surface area contributed by atoms with Crippen LogP contribution in [-0.2, 0) is 4.79 Å². The number of likely N-dealkylation sites (tertiary alicyclic amines) is 1. The molecule has 3 unspecified atom stereocenters. The molecule has 2 saturated heterocycles. The fourth-order valence-electron chi connectivity index (χ4n) is 3.14. The predicted octanol–water partition coefficient (Wildman–Crippen LogP) is 1.08. The maximum absolute atomic E-state index is 12.1. The summed E-state index contributed by atoms with van der Waals surface area (Å²) < 4.78 is 0. The van der Waals surface area contributed by atoms with Crippen LogP contribution in [0.4, 0.5) is 0 Å². The van der Waals surface area contributed by atoms with Crippen molar-refractivity contribution in [3.63, 3.8) is 0 Å². The van der Waals surface area contributed by atoms with Crippen molar-refractivity contribution in [2.75, 3.05) is 32.7 Å². The lowest BCUT2D eigenvalue weighted by Gasteiger charge is -2.35. The third kappa shape index (κ3) is 4.18. The highest BCUT2D eigenvalue weighted by Crippen LogP contribution is 2.17. The monoisotopic (exact) mass is 267 g/mol. The molecule has 2 aliphatic heterocycles. The second kappa shape index (κ2) is 6.71. The first-order valence-electron chi connectivity index (χ1n) is 7.79. The van der Waals surface area contributed by atoms with Crippen molar-refractivity contribution in [1.29, 1.82) is 0 Å². The lowest BCUT2D eigenvalue weighted by Crippen LogP contribution is -2.52. The molecule has 2 heterocycles. The van der Waals surface area contributed by atoms with E-state index < -0.39 is 0 Å². The average molecular weight is 267 g/mol. The molecule has 2 aliphatic rings. The average Bonchev–Trinajstić information content (AvgIpc) is 2.26. The molecule has 3 atom stereocenters. The Bertz CT molecular complexity index is 304. The number of rotatable bonds is 5. The van der Waals surface area contributed by atoms with Crippen molar-refractivity contribution in [3.05, 3.63) is 0 Å². The SMILES string of the molecule is CC1CCCN(CC(C)NC(=O)C(C)C2CNC2)C1. The van der Waals surface area contributed by atoms with Crippen LogP contribution in [0, 0.1) is 17.8 Å². The number of hydrogen-bond donors (Lipinski definition) is 2. The van der Waals surface area contributed by atoms with Crippen LogP contribution in [0.1, 0.15) is 33.6 Å². The van der Waals surface area contributed by atoms with Gasteiger partial charge in [-0.25, -0.2) is 0 Å². The number of carbonyl (C=O) groups excluding carboxylic acids is 1. The lowest BCUT2D eigenvalue weighted by atomic mass is 9.88. The number of nitrogens with zero attached hydrogens (tertiary/aromatic N) is 1. The summed E-state index contributed by atoms with van der Waals surface area (Å²) in [6.45, 7) is 11.8. The summed E-state index contributed by atoms with van der Waals surface area (Å²) in [5.74, 6) is 1.70. The Morgan fingerprint density at radius 2 is 2.16 bits per heavy atom. The summed E-state index contributed by atoms with van der Waals surface area (Å²) in [5.41, 5.74) is 0. The topological polar surface area (TPSA) is 44.4 Å². The summed E-state index contributed by atoms with van der Waals surface area (Å²) in [7, 11) is 0. The Balaban J connectivity index is 1.70. The Hall–Kier alpha value is -0.610. The van der Waals surface area contributed by atoms with Crippen molar-refractivity contribution >= 4 is 5.91 Å². The van der Waals surface area contributed by atoms with E-state index in [4.69, 9.17) is 0 Å². The Morgan fingerprint density at radius 1 is 1.42 bits per heavy atom. The van der Waals surface area contributed by atoms with Crippen molar-refractivity contribution in [2.45, 2.75) is 39.7 Å². The number of hydrogen-bond acceptors (Lipinski definition) is 3. The zero-order chi connectivity index (χ0) is 13.8. The van der Waals surface area contributed by atoms with Gasteiger partial charge >= 0.3 is 0 Å². The zero-order valence-corrected chi connectivity index (χ0v) is 12.6. The lowest BCUT2D eigenvalue weighted by molar-refractivity contribution is -0.127. The van der Waals surface area contributed by atoms with Gasteiger partial charge in [-0.2, -0.15) is 0 Å². The summed E-state index contributed by atoms with van der Waals surface area (Å²) in [5, 5.41) is 6.42. The standard InChI is InChI=1S/C15H29N3O/c1-11-5-4-6-18(9-11)10-12(2)17-15(19)13(3)14-7-16-8-14/h11-14,16H,4-10H2,1-3H3,(H,17,19). The number of carbonyl (C=O) groups is 1. The van der Waals surface area contributed by atoms with Gasteiger partial charge in [0.25, 0.3) is 0 Å². The molecule has 0 saturated carbocycles. The van der Waals surface area contributed by atoms with Crippen LogP contribution in [0.15, 0.2) is 0 Å². The van der Waals surface area contributed by atoms with E-state index in [0.717, 1.165) is 25.6 Å². The van der Waals surface area contributed by atoms with E-state index in [1.54, 1.807) is 0 Å². The first kappa shape index (κ1) is 14.8. The molecule has 0 aromatic rings.